The maximum atomic E-state index is 5.22. The van der Waals surface area contributed by atoms with Gasteiger partial charge in [0.15, 0.2) is 17.5 Å². The highest BCUT2D eigenvalue weighted by molar-refractivity contribution is 5.96. The molecule has 0 aliphatic carbocycles. The summed E-state index contributed by atoms with van der Waals surface area (Å²) in [5.41, 5.74) is 11.9. The van der Waals surface area contributed by atoms with E-state index < -0.39 is 0 Å². The van der Waals surface area contributed by atoms with Crippen LogP contribution in [-0.2, 0) is 0 Å². The van der Waals surface area contributed by atoms with E-state index in [0.717, 1.165) is 44.5 Å². The lowest BCUT2D eigenvalue weighted by Crippen LogP contribution is -2.02. The van der Waals surface area contributed by atoms with E-state index in [1.165, 1.54) is 27.5 Å². The summed E-state index contributed by atoms with van der Waals surface area (Å²) in [7, 11) is 0. The van der Waals surface area contributed by atoms with Gasteiger partial charge in [0.1, 0.15) is 0 Å². The van der Waals surface area contributed by atoms with Crippen molar-refractivity contribution < 1.29 is 0 Å². The van der Waals surface area contributed by atoms with Crippen molar-refractivity contribution in [3.05, 3.63) is 200 Å². The SMILES string of the molecule is c1ccc(-c2ccc(-c3nc(-c4ccccc4)nc(-c4cccc(-c5ccc6ccccc6c5)c4-c4ccc(-c5ccccc5)cc4)n3)cc2)cc1. The highest BCUT2D eigenvalue weighted by Crippen LogP contribution is 2.41. The maximum absolute atomic E-state index is 5.22. The number of rotatable bonds is 7. The van der Waals surface area contributed by atoms with Crippen molar-refractivity contribution in [2.45, 2.75) is 0 Å². The molecule has 244 valence electrons. The minimum Gasteiger partial charge on any atom is -0.208 e. The van der Waals surface area contributed by atoms with Crippen LogP contribution in [0.3, 0.4) is 0 Å². The zero-order valence-electron chi connectivity index (χ0n) is 28.4. The molecule has 0 fully saturated rings. The van der Waals surface area contributed by atoms with Crippen LogP contribution in [0.5, 0.6) is 0 Å². The highest BCUT2D eigenvalue weighted by Gasteiger charge is 2.19. The van der Waals surface area contributed by atoms with Gasteiger partial charge in [-0.15, -0.1) is 0 Å². The first-order valence-electron chi connectivity index (χ1n) is 17.5. The molecule has 0 bridgehead atoms. The van der Waals surface area contributed by atoms with Gasteiger partial charge in [-0.3, -0.25) is 0 Å². The summed E-state index contributed by atoms with van der Waals surface area (Å²) >= 11 is 0. The average Bonchev–Trinajstić information content (AvgIpc) is 3.24. The molecule has 0 aliphatic heterocycles. The smallest absolute Gasteiger partial charge is 0.164 e. The summed E-state index contributed by atoms with van der Waals surface area (Å²) in [6.07, 6.45) is 0. The van der Waals surface area contributed by atoms with E-state index in [9.17, 15) is 0 Å². The fourth-order valence-corrected chi connectivity index (χ4v) is 6.89. The van der Waals surface area contributed by atoms with Gasteiger partial charge in [-0.1, -0.05) is 194 Å². The zero-order chi connectivity index (χ0) is 34.7. The Hall–Kier alpha value is -6.97. The number of fused-ring (bicyclic) bond motifs is 1. The first-order valence-corrected chi connectivity index (χ1v) is 17.5. The van der Waals surface area contributed by atoms with Crippen molar-refractivity contribution in [3.63, 3.8) is 0 Å². The predicted molar refractivity (Wildman–Crippen MR) is 215 cm³/mol. The van der Waals surface area contributed by atoms with Crippen LogP contribution in [0.25, 0.3) is 89.4 Å². The van der Waals surface area contributed by atoms with Gasteiger partial charge in [0.25, 0.3) is 0 Å². The molecule has 0 unspecified atom stereocenters. The second kappa shape index (κ2) is 13.7. The molecule has 8 aromatic carbocycles. The monoisotopic (exact) mass is 663 g/mol. The molecular formula is C49H33N3. The highest BCUT2D eigenvalue weighted by atomic mass is 15.0. The fraction of sp³-hybridized carbons (Fsp3) is 0. The molecule has 3 heteroatoms. The molecular weight excluding hydrogens is 631 g/mol. The third kappa shape index (κ3) is 6.17. The largest absolute Gasteiger partial charge is 0.208 e. The van der Waals surface area contributed by atoms with Crippen LogP contribution in [0, 0.1) is 0 Å². The van der Waals surface area contributed by atoms with E-state index in [0.29, 0.717) is 17.5 Å². The Morgan fingerprint density at radius 2 is 0.635 bits per heavy atom. The topological polar surface area (TPSA) is 38.7 Å². The van der Waals surface area contributed by atoms with Crippen molar-refractivity contribution in [2.24, 2.45) is 0 Å². The Morgan fingerprint density at radius 3 is 1.23 bits per heavy atom. The lowest BCUT2D eigenvalue weighted by molar-refractivity contribution is 1.07. The van der Waals surface area contributed by atoms with Gasteiger partial charge in [-0.25, -0.2) is 15.0 Å². The van der Waals surface area contributed by atoms with Gasteiger partial charge in [0, 0.05) is 22.3 Å². The molecule has 1 aromatic heterocycles. The zero-order valence-corrected chi connectivity index (χ0v) is 28.4. The van der Waals surface area contributed by atoms with E-state index in [2.05, 4.69) is 170 Å². The van der Waals surface area contributed by atoms with Crippen molar-refractivity contribution in [2.75, 3.05) is 0 Å². The van der Waals surface area contributed by atoms with Gasteiger partial charge >= 0.3 is 0 Å². The van der Waals surface area contributed by atoms with Crippen LogP contribution in [0.2, 0.25) is 0 Å². The summed E-state index contributed by atoms with van der Waals surface area (Å²) in [4.78, 5) is 15.4. The van der Waals surface area contributed by atoms with E-state index in [1.54, 1.807) is 0 Å². The molecule has 9 aromatic rings. The number of hydrogen-bond acceptors (Lipinski definition) is 3. The van der Waals surface area contributed by atoms with Crippen LogP contribution in [-0.4, -0.2) is 15.0 Å². The lowest BCUT2D eigenvalue weighted by Gasteiger charge is -2.17. The minimum atomic E-state index is 0.626. The van der Waals surface area contributed by atoms with Crippen LogP contribution in [0.4, 0.5) is 0 Å². The van der Waals surface area contributed by atoms with E-state index >= 15 is 0 Å². The van der Waals surface area contributed by atoms with Crippen molar-refractivity contribution in [3.8, 4) is 78.7 Å². The van der Waals surface area contributed by atoms with Crippen LogP contribution in [0.15, 0.2) is 200 Å². The molecule has 0 spiro atoms. The molecule has 0 saturated carbocycles. The van der Waals surface area contributed by atoms with E-state index in [-0.39, 0.29) is 0 Å². The molecule has 9 rings (SSSR count). The number of hydrogen-bond donors (Lipinski definition) is 0. The van der Waals surface area contributed by atoms with Crippen LogP contribution in [0.1, 0.15) is 0 Å². The van der Waals surface area contributed by atoms with Gasteiger partial charge in [0.05, 0.1) is 0 Å². The minimum absolute atomic E-state index is 0.626. The average molecular weight is 664 g/mol. The Kier molecular flexibility index (Phi) is 8.20. The fourth-order valence-electron chi connectivity index (χ4n) is 6.89. The molecule has 0 radical (unpaired) electrons. The van der Waals surface area contributed by atoms with Crippen LogP contribution >= 0.6 is 0 Å². The van der Waals surface area contributed by atoms with Crippen molar-refractivity contribution in [1.82, 2.24) is 15.0 Å². The first kappa shape index (κ1) is 31.0. The first-order chi connectivity index (χ1) is 25.8. The van der Waals surface area contributed by atoms with Crippen LogP contribution < -0.4 is 0 Å². The summed E-state index contributed by atoms with van der Waals surface area (Å²) in [5.74, 6) is 1.89. The standard InChI is InChI=1S/C49H33N3/c1-4-13-34(14-5-1)37-23-28-39(29-24-37)46-44(43-32-27-36-17-10-11-20-42(36)33-43)21-12-22-45(46)49-51-47(40-18-8-3-9-19-40)50-48(52-49)41-30-25-38(26-31-41)35-15-6-2-7-16-35/h1-33H. The second-order valence-electron chi connectivity index (χ2n) is 12.8. The number of nitrogens with zero attached hydrogens (tertiary/aromatic N) is 3. The number of benzene rings is 8. The normalized spacial score (nSPS) is 11.1. The van der Waals surface area contributed by atoms with E-state index in [4.69, 9.17) is 15.0 Å². The Balaban J connectivity index is 1.24. The molecule has 0 N–H and O–H groups in total. The van der Waals surface area contributed by atoms with Crippen molar-refractivity contribution >= 4 is 10.8 Å². The second-order valence-corrected chi connectivity index (χ2v) is 12.8. The summed E-state index contributed by atoms with van der Waals surface area (Å²) < 4.78 is 0. The molecule has 0 saturated heterocycles. The van der Waals surface area contributed by atoms with Gasteiger partial charge < -0.3 is 0 Å². The van der Waals surface area contributed by atoms with E-state index in [1.807, 2.05) is 30.3 Å². The third-order valence-corrected chi connectivity index (χ3v) is 9.56. The summed E-state index contributed by atoms with van der Waals surface area (Å²) in [5, 5.41) is 2.41. The molecule has 1 heterocycles. The van der Waals surface area contributed by atoms with Gasteiger partial charge in [-0.2, -0.15) is 0 Å². The van der Waals surface area contributed by atoms with Crippen molar-refractivity contribution in [1.29, 1.82) is 0 Å². The van der Waals surface area contributed by atoms with Gasteiger partial charge in [0.2, 0.25) is 0 Å². The third-order valence-electron chi connectivity index (χ3n) is 9.56. The lowest BCUT2D eigenvalue weighted by atomic mass is 9.88. The Bertz CT molecular complexity index is 2630. The molecule has 0 amide bonds. The molecule has 52 heavy (non-hydrogen) atoms. The summed E-state index contributed by atoms with van der Waals surface area (Å²) in [6.45, 7) is 0. The summed E-state index contributed by atoms with van der Waals surface area (Å²) in [6, 6.07) is 70.0. The maximum Gasteiger partial charge on any atom is 0.164 e. The Morgan fingerprint density at radius 1 is 0.231 bits per heavy atom. The van der Waals surface area contributed by atoms with Gasteiger partial charge in [-0.05, 0) is 55.8 Å². The molecule has 0 aliphatic rings. The molecule has 3 nitrogen and oxygen atoms in total. The Labute approximate surface area is 303 Å². The number of aromatic nitrogens is 3. The predicted octanol–water partition coefficient (Wildman–Crippen LogP) is 12.7. The molecule has 0 atom stereocenters. The quantitative estimate of drug-likeness (QED) is 0.170.